The van der Waals surface area contributed by atoms with Crippen LogP contribution < -0.4 is 5.32 Å². The third-order valence-electron chi connectivity index (χ3n) is 4.39. The topological polar surface area (TPSA) is 76.3 Å². The first-order valence-corrected chi connectivity index (χ1v) is 8.52. The van der Waals surface area contributed by atoms with Crippen molar-refractivity contribution in [2.24, 2.45) is 0 Å². The Morgan fingerprint density at radius 3 is 2.96 bits per heavy atom. The number of aryl methyl sites for hydroxylation is 1. The molecule has 1 fully saturated rings. The van der Waals surface area contributed by atoms with Gasteiger partial charge >= 0.3 is 0 Å². The van der Waals surface area contributed by atoms with Gasteiger partial charge in [-0.3, -0.25) is 9.88 Å². The zero-order chi connectivity index (χ0) is 17.1. The molecule has 7 heteroatoms. The summed E-state index contributed by atoms with van der Waals surface area (Å²) in [5, 5.41) is 7.55. The molecule has 0 unspecified atom stereocenters. The summed E-state index contributed by atoms with van der Waals surface area (Å²) in [5.41, 5.74) is 5.03. The standard InChI is InChI=1S/C18H21N5O2/c1-13-17-18(25-22-13)16(20-5-6-23-7-9-24-10-8-23)11-15(21-17)14-3-2-4-19-12-14/h2-4,11-12H,5-10H2,1H3,(H,20,21). The second kappa shape index (κ2) is 7.16. The van der Waals surface area contributed by atoms with Crippen LogP contribution in [0.4, 0.5) is 5.69 Å². The van der Waals surface area contributed by atoms with E-state index in [1.54, 1.807) is 6.20 Å². The van der Waals surface area contributed by atoms with Crippen molar-refractivity contribution in [2.75, 3.05) is 44.7 Å². The lowest BCUT2D eigenvalue weighted by atomic mass is 10.1. The first-order chi connectivity index (χ1) is 12.3. The molecule has 1 N–H and O–H groups in total. The Labute approximate surface area is 146 Å². The molecule has 7 nitrogen and oxygen atoms in total. The lowest BCUT2D eigenvalue weighted by molar-refractivity contribution is 0.0398. The van der Waals surface area contributed by atoms with Crippen LogP contribution in [0, 0.1) is 6.92 Å². The quantitative estimate of drug-likeness (QED) is 0.764. The van der Waals surface area contributed by atoms with Crippen LogP contribution in [-0.2, 0) is 4.74 Å². The van der Waals surface area contributed by atoms with E-state index >= 15 is 0 Å². The number of fused-ring (bicyclic) bond motifs is 1. The number of nitrogens with one attached hydrogen (secondary N) is 1. The van der Waals surface area contributed by atoms with Gasteiger partial charge < -0.3 is 14.6 Å². The van der Waals surface area contributed by atoms with Gasteiger partial charge in [0.15, 0.2) is 0 Å². The number of morpholine rings is 1. The van der Waals surface area contributed by atoms with E-state index in [1.165, 1.54) is 0 Å². The monoisotopic (exact) mass is 339 g/mol. The second-order valence-electron chi connectivity index (χ2n) is 6.12. The summed E-state index contributed by atoms with van der Waals surface area (Å²) in [4.78, 5) is 11.3. The van der Waals surface area contributed by atoms with Gasteiger partial charge in [0.25, 0.3) is 0 Å². The van der Waals surface area contributed by atoms with Crippen molar-refractivity contribution in [3.63, 3.8) is 0 Å². The van der Waals surface area contributed by atoms with Gasteiger partial charge in [0.2, 0.25) is 5.58 Å². The Hall–Kier alpha value is -2.51. The molecule has 1 saturated heterocycles. The Morgan fingerprint density at radius 1 is 1.28 bits per heavy atom. The van der Waals surface area contributed by atoms with Crippen molar-refractivity contribution >= 4 is 16.8 Å². The van der Waals surface area contributed by atoms with Gasteiger partial charge in [-0.25, -0.2) is 4.98 Å². The number of ether oxygens (including phenoxy) is 1. The highest BCUT2D eigenvalue weighted by atomic mass is 16.5. The molecule has 25 heavy (non-hydrogen) atoms. The normalized spacial score (nSPS) is 15.6. The van der Waals surface area contributed by atoms with Crippen molar-refractivity contribution in [2.45, 2.75) is 6.92 Å². The van der Waals surface area contributed by atoms with Gasteiger partial charge in [-0.2, -0.15) is 0 Å². The lowest BCUT2D eigenvalue weighted by Crippen LogP contribution is -2.39. The Bertz CT molecular complexity index is 843. The van der Waals surface area contributed by atoms with E-state index in [4.69, 9.17) is 14.2 Å². The maximum Gasteiger partial charge on any atom is 0.208 e. The zero-order valence-corrected chi connectivity index (χ0v) is 14.2. The van der Waals surface area contributed by atoms with E-state index in [9.17, 15) is 0 Å². The van der Waals surface area contributed by atoms with E-state index < -0.39 is 0 Å². The third-order valence-corrected chi connectivity index (χ3v) is 4.39. The Kier molecular flexibility index (Phi) is 4.58. The van der Waals surface area contributed by atoms with Crippen LogP contribution in [0.2, 0.25) is 0 Å². The molecule has 4 rings (SSSR count). The molecule has 0 saturated carbocycles. The highest BCUT2D eigenvalue weighted by molar-refractivity contribution is 5.90. The molecule has 0 spiro atoms. The maximum atomic E-state index is 5.49. The van der Waals surface area contributed by atoms with Crippen LogP contribution in [0.1, 0.15) is 5.69 Å². The molecular weight excluding hydrogens is 318 g/mol. The summed E-state index contributed by atoms with van der Waals surface area (Å²) < 4.78 is 10.9. The fourth-order valence-corrected chi connectivity index (χ4v) is 3.00. The summed E-state index contributed by atoms with van der Waals surface area (Å²) in [6.07, 6.45) is 3.57. The van der Waals surface area contributed by atoms with Crippen molar-refractivity contribution in [3.05, 3.63) is 36.3 Å². The molecule has 130 valence electrons. The van der Waals surface area contributed by atoms with Gasteiger partial charge in [-0.1, -0.05) is 5.16 Å². The lowest BCUT2D eigenvalue weighted by Gasteiger charge is -2.26. The predicted octanol–water partition coefficient (Wildman–Crippen LogP) is 2.34. The van der Waals surface area contributed by atoms with Gasteiger partial charge in [0, 0.05) is 44.1 Å². The number of nitrogens with zero attached hydrogens (tertiary/aromatic N) is 4. The zero-order valence-electron chi connectivity index (χ0n) is 14.2. The highest BCUT2D eigenvalue weighted by Crippen LogP contribution is 2.29. The van der Waals surface area contributed by atoms with Gasteiger partial charge in [0.05, 0.1) is 24.6 Å². The maximum absolute atomic E-state index is 5.49. The van der Waals surface area contributed by atoms with Gasteiger partial charge in [0.1, 0.15) is 11.2 Å². The van der Waals surface area contributed by atoms with Crippen LogP contribution in [0.25, 0.3) is 22.4 Å². The van der Waals surface area contributed by atoms with Crippen LogP contribution in [0.3, 0.4) is 0 Å². The Balaban J connectivity index is 1.58. The van der Waals surface area contributed by atoms with E-state index in [1.807, 2.05) is 31.3 Å². The minimum absolute atomic E-state index is 0.701. The highest BCUT2D eigenvalue weighted by Gasteiger charge is 2.15. The van der Waals surface area contributed by atoms with E-state index in [-0.39, 0.29) is 0 Å². The molecule has 0 radical (unpaired) electrons. The van der Waals surface area contributed by atoms with Gasteiger partial charge in [-0.05, 0) is 25.1 Å². The van der Waals surface area contributed by atoms with Crippen LogP contribution in [0.15, 0.2) is 35.1 Å². The molecule has 0 aliphatic carbocycles. The number of rotatable bonds is 5. The summed E-state index contributed by atoms with van der Waals surface area (Å²) in [6.45, 7) is 7.28. The summed E-state index contributed by atoms with van der Waals surface area (Å²) in [7, 11) is 0. The number of anilines is 1. The minimum Gasteiger partial charge on any atom is -0.381 e. The van der Waals surface area contributed by atoms with Crippen LogP contribution in [0.5, 0.6) is 0 Å². The molecule has 0 atom stereocenters. The first kappa shape index (κ1) is 16.0. The molecule has 4 heterocycles. The van der Waals surface area contributed by atoms with Crippen molar-refractivity contribution in [1.29, 1.82) is 0 Å². The first-order valence-electron chi connectivity index (χ1n) is 8.52. The summed E-state index contributed by atoms with van der Waals surface area (Å²) in [5.74, 6) is 0. The predicted molar refractivity (Wildman–Crippen MR) is 95.5 cm³/mol. The number of hydrogen-bond acceptors (Lipinski definition) is 7. The Morgan fingerprint density at radius 2 is 2.16 bits per heavy atom. The fraction of sp³-hybridized carbons (Fsp3) is 0.389. The number of aromatic nitrogens is 3. The van der Waals surface area contributed by atoms with E-state index in [0.717, 1.165) is 67.5 Å². The average molecular weight is 339 g/mol. The van der Waals surface area contributed by atoms with Crippen LogP contribution in [-0.4, -0.2) is 59.4 Å². The summed E-state index contributed by atoms with van der Waals surface area (Å²) >= 11 is 0. The molecule has 1 aliphatic rings. The average Bonchev–Trinajstić information content (AvgIpc) is 3.04. The fourth-order valence-electron chi connectivity index (χ4n) is 3.00. The van der Waals surface area contributed by atoms with E-state index in [2.05, 4.69) is 20.4 Å². The largest absolute Gasteiger partial charge is 0.381 e. The number of hydrogen-bond donors (Lipinski definition) is 1. The van der Waals surface area contributed by atoms with Crippen LogP contribution >= 0.6 is 0 Å². The van der Waals surface area contributed by atoms with E-state index in [0.29, 0.717) is 5.58 Å². The molecule has 0 amide bonds. The van der Waals surface area contributed by atoms with Crippen molar-refractivity contribution in [3.8, 4) is 11.3 Å². The van der Waals surface area contributed by atoms with Gasteiger partial charge in [-0.15, -0.1) is 0 Å². The molecule has 3 aromatic rings. The minimum atomic E-state index is 0.701. The molecule has 3 aromatic heterocycles. The summed E-state index contributed by atoms with van der Waals surface area (Å²) in [6, 6.07) is 5.91. The second-order valence-corrected chi connectivity index (χ2v) is 6.12. The molecule has 0 bridgehead atoms. The smallest absolute Gasteiger partial charge is 0.208 e. The molecule has 1 aliphatic heterocycles. The number of pyridine rings is 2. The van der Waals surface area contributed by atoms with Crippen molar-refractivity contribution in [1.82, 2.24) is 20.0 Å². The SMILES string of the molecule is Cc1noc2c(NCCN3CCOCC3)cc(-c3cccnc3)nc12. The molecular formula is C18H21N5O2. The van der Waals surface area contributed by atoms with Crippen molar-refractivity contribution < 1.29 is 9.26 Å². The molecule has 0 aromatic carbocycles. The third kappa shape index (κ3) is 3.47.